The van der Waals surface area contributed by atoms with Crippen molar-refractivity contribution in [1.82, 2.24) is 0 Å². The third kappa shape index (κ3) is 4.51. The largest absolute Gasteiger partial charge is 0.396 e. The highest BCUT2D eigenvalue weighted by Crippen LogP contribution is 2.48. The predicted octanol–water partition coefficient (Wildman–Crippen LogP) is 4.40. The van der Waals surface area contributed by atoms with E-state index in [2.05, 4.69) is 31.2 Å². The molecular weight excluding hydrogens is 208 g/mol. The Morgan fingerprint density at radius 2 is 1.71 bits per heavy atom. The van der Waals surface area contributed by atoms with E-state index < -0.39 is 0 Å². The highest BCUT2D eigenvalue weighted by Gasteiger charge is 2.38. The van der Waals surface area contributed by atoms with E-state index in [1.807, 2.05) is 27.7 Å². The number of aliphatic hydroxyl groups excluding tert-OH is 1. The number of rotatable bonds is 3. The fraction of sp³-hybridized carbons (Fsp3) is 0.625. The van der Waals surface area contributed by atoms with Gasteiger partial charge in [-0.05, 0) is 35.8 Å². The summed E-state index contributed by atoms with van der Waals surface area (Å²) in [6, 6.07) is 8.60. The van der Waals surface area contributed by atoms with E-state index in [1.165, 1.54) is 17.5 Å². The third-order valence-corrected chi connectivity index (χ3v) is 2.99. The van der Waals surface area contributed by atoms with E-state index in [1.54, 1.807) is 0 Å². The Morgan fingerprint density at radius 1 is 1.12 bits per heavy atom. The van der Waals surface area contributed by atoms with Crippen LogP contribution in [0.15, 0.2) is 24.3 Å². The van der Waals surface area contributed by atoms with Crippen LogP contribution in [0.4, 0.5) is 0 Å². The van der Waals surface area contributed by atoms with Crippen LogP contribution < -0.4 is 0 Å². The van der Waals surface area contributed by atoms with E-state index in [9.17, 15) is 0 Å². The van der Waals surface area contributed by atoms with Crippen LogP contribution in [0.3, 0.4) is 0 Å². The van der Waals surface area contributed by atoms with E-state index >= 15 is 0 Å². The first-order valence-corrected chi connectivity index (χ1v) is 7.05. The highest BCUT2D eigenvalue weighted by atomic mass is 16.3. The molecule has 1 aliphatic carbocycles. The number of aryl methyl sites for hydroxylation is 1. The molecule has 0 bridgehead atoms. The van der Waals surface area contributed by atoms with Crippen molar-refractivity contribution in [3.63, 3.8) is 0 Å². The zero-order valence-electron chi connectivity index (χ0n) is 12.0. The maximum atomic E-state index is 9.00. The van der Waals surface area contributed by atoms with Crippen molar-refractivity contribution >= 4 is 0 Å². The monoisotopic (exact) mass is 236 g/mol. The first kappa shape index (κ1) is 16.2. The Labute approximate surface area is 107 Å². The van der Waals surface area contributed by atoms with E-state index in [-0.39, 0.29) is 0 Å². The minimum atomic E-state index is 0.350. The first-order chi connectivity index (χ1) is 8.36. The molecule has 1 heteroatoms. The van der Waals surface area contributed by atoms with Crippen LogP contribution in [0.5, 0.6) is 0 Å². The molecule has 1 N–H and O–H groups in total. The normalized spacial score (nSPS) is 20.6. The maximum absolute atomic E-state index is 9.00. The lowest BCUT2D eigenvalue weighted by molar-refractivity contribution is 0.274. The van der Waals surface area contributed by atoms with Crippen molar-refractivity contribution in [3.05, 3.63) is 35.4 Å². The lowest BCUT2D eigenvalue weighted by Crippen LogP contribution is -1.93. The molecular formula is C16H28O. The summed E-state index contributed by atoms with van der Waals surface area (Å²) in [4.78, 5) is 0. The zero-order chi connectivity index (χ0) is 13.3. The average Bonchev–Trinajstić information content (AvgIpc) is 3.22. The molecule has 0 saturated heterocycles. The fourth-order valence-electron chi connectivity index (χ4n) is 2.05. The number of aliphatic hydroxyl groups is 1. The Kier molecular flexibility index (Phi) is 8.79. The molecule has 2 unspecified atom stereocenters. The highest BCUT2D eigenvalue weighted by molar-refractivity contribution is 5.34. The van der Waals surface area contributed by atoms with Crippen molar-refractivity contribution in [2.24, 2.45) is 5.92 Å². The van der Waals surface area contributed by atoms with Gasteiger partial charge in [-0.1, -0.05) is 58.9 Å². The minimum absolute atomic E-state index is 0.350. The molecule has 0 radical (unpaired) electrons. The van der Waals surface area contributed by atoms with Gasteiger partial charge in [-0.3, -0.25) is 0 Å². The summed E-state index contributed by atoms with van der Waals surface area (Å²) < 4.78 is 0. The SMILES string of the molecule is CC.CC.CCc1ccccc1C1CC1CO. The molecule has 0 spiro atoms. The van der Waals surface area contributed by atoms with Crippen molar-refractivity contribution in [3.8, 4) is 0 Å². The van der Waals surface area contributed by atoms with Gasteiger partial charge in [0, 0.05) is 6.61 Å². The van der Waals surface area contributed by atoms with Gasteiger partial charge in [0.2, 0.25) is 0 Å². The second-order valence-electron chi connectivity index (χ2n) is 3.84. The van der Waals surface area contributed by atoms with Gasteiger partial charge in [0.05, 0.1) is 0 Å². The van der Waals surface area contributed by atoms with Crippen LogP contribution in [0, 0.1) is 5.92 Å². The molecule has 0 heterocycles. The quantitative estimate of drug-likeness (QED) is 0.825. The predicted molar refractivity (Wildman–Crippen MR) is 76.4 cm³/mol. The molecule has 2 atom stereocenters. The summed E-state index contributed by atoms with van der Waals surface area (Å²) >= 11 is 0. The molecule has 0 aliphatic heterocycles. The smallest absolute Gasteiger partial charge is 0.0465 e. The lowest BCUT2D eigenvalue weighted by atomic mass is 10.0. The average molecular weight is 236 g/mol. The standard InChI is InChI=1S/C12H16O.2C2H6/c1-2-9-5-3-4-6-11(9)12-7-10(12)8-13;2*1-2/h3-6,10,12-13H,2,7-8H2,1H3;2*1-2H3. The van der Waals surface area contributed by atoms with E-state index in [0.29, 0.717) is 18.4 Å². The van der Waals surface area contributed by atoms with Gasteiger partial charge < -0.3 is 5.11 Å². The minimum Gasteiger partial charge on any atom is -0.396 e. The van der Waals surface area contributed by atoms with Crippen molar-refractivity contribution in [2.75, 3.05) is 6.61 Å². The lowest BCUT2D eigenvalue weighted by Gasteiger charge is -2.05. The van der Waals surface area contributed by atoms with Gasteiger partial charge in [-0.2, -0.15) is 0 Å². The van der Waals surface area contributed by atoms with Crippen LogP contribution >= 0.6 is 0 Å². The summed E-state index contributed by atoms with van der Waals surface area (Å²) in [5, 5.41) is 9.00. The number of hydrogen-bond acceptors (Lipinski definition) is 1. The molecule has 1 nitrogen and oxygen atoms in total. The molecule has 17 heavy (non-hydrogen) atoms. The Balaban J connectivity index is 0.000000581. The molecule has 98 valence electrons. The van der Waals surface area contributed by atoms with E-state index in [0.717, 1.165) is 6.42 Å². The second-order valence-corrected chi connectivity index (χ2v) is 3.84. The van der Waals surface area contributed by atoms with Gasteiger partial charge >= 0.3 is 0 Å². The molecule has 1 aromatic rings. The zero-order valence-corrected chi connectivity index (χ0v) is 12.0. The molecule has 0 aromatic heterocycles. The van der Waals surface area contributed by atoms with Crippen molar-refractivity contribution < 1.29 is 5.11 Å². The molecule has 1 fully saturated rings. The van der Waals surface area contributed by atoms with Crippen LogP contribution in [-0.2, 0) is 6.42 Å². The fourth-order valence-corrected chi connectivity index (χ4v) is 2.05. The van der Waals surface area contributed by atoms with Crippen LogP contribution in [0.25, 0.3) is 0 Å². The van der Waals surface area contributed by atoms with Gasteiger partial charge in [-0.15, -0.1) is 0 Å². The topological polar surface area (TPSA) is 20.2 Å². The Bertz CT molecular complexity index is 293. The van der Waals surface area contributed by atoms with Gasteiger partial charge in [0.25, 0.3) is 0 Å². The van der Waals surface area contributed by atoms with Gasteiger partial charge in [0.15, 0.2) is 0 Å². The molecule has 2 rings (SSSR count). The first-order valence-electron chi connectivity index (χ1n) is 7.05. The number of hydrogen-bond donors (Lipinski definition) is 1. The maximum Gasteiger partial charge on any atom is 0.0465 e. The summed E-state index contributed by atoms with van der Waals surface area (Å²) in [5.74, 6) is 1.17. The summed E-state index contributed by atoms with van der Waals surface area (Å²) in [7, 11) is 0. The van der Waals surface area contributed by atoms with Crippen LogP contribution in [-0.4, -0.2) is 11.7 Å². The van der Waals surface area contributed by atoms with Crippen LogP contribution in [0.1, 0.15) is 58.1 Å². The van der Waals surface area contributed by atoms with E-state index in [4.69, 9.17) is 5.11 Å². The molecule has 1 saturated carbocycles. The van der Waals surface area contributed by atoms with Gasteiger partial charge in [0.1, 0.15) is 0 Å². The second kappa shape index (κ2) is 9.23. The summed E-state index contributed by atoms with van der Waals surface area (Å²) in [5.41, 5.74) is 2.91. The molecule has 1 aliphatic rings. The van der Waals surface area contributed by atoms with Gasteiger partial charge in [-0.25, -0.2) is 0 Å². The Morgan fingerprint density at radius 3 is 2.18 bits per heavy atom. The molecule has 0 amide bonds. The summed E-state index contributed by atoms with van der Waals surface area (Å²) in [6.45, 7) is 10.5. The number of benzene rings is 1. The molecule has 1 aromatic carbocycles. The van der Waals surface area contributed by atoms with Crippen molar-refractivity contribution in [2.45, 2.75) is 53.4 Å². The summed E-state index contributed by atoms with van der Waals surface area (Å²) in [6.07, 6.45) is 2.28. The van der Waals surface area contributed by atoms with Crippen LogP contribution in [0.2, 0.25) is 0 Å². The third-order valence-electron chi connectivity index (χ3n) is 2.99. The van der Waals surface area contributed by atoms with Crippen molar-refractivity contribution in [1.29, 1.82) is 0 Å². The Hall–Kier alpha value is -0.820.